The van der Waals surface area contributed by atoms with E-state index in [1.165, 1.54) is 83.5 Å². The van der Waals surface area contributed by atoms with Crippen LogP contribution in [0.3, 0.4) is 0 Å². The second-order valence-electron chi connectivity index (χ2n) is 7.53. The molecule has 0 heterocycles. The van der Waals surface area contributed by atoms with Crippen molar-refractivity contribution in [3.63, 3.8) is 0 Å². The fraction of sp³-hybridized carbons (Fsp3) is 0.950. The lowest BCUT2D eigenvalue weighted by Crippen LogP contribution is -2.47. The minimum absolute atomic E-state index is 0.632. The van der Waals surface area contributed by atoms with E-state index in [1.54, 1.807) is 13.8 Å². The van der Waals surface area contributed by atoms with Crippen molar-refractivity contribution in [2.75, 3.05) is 6.54 Å². The monoisotopic (exact) mass is 343 g/mol. The van der Waals surface area contributed by atoms with Crippen molar-refractivity contribution in [2.45, 2.75) is 116 Å². The fourth-order valence-corrected chi connectivity index (χ4v) is 2.91. The molecule has 0 aliphatic heterocycles. The Hall–Kier alpha value is -0.610. The van der Waals surface area contributed by atoms with Crippen molar-refractivity contribution >= 4 is 5.97 Å². The number of hydrogen-bond acceptors (Lipinski definition) is 4. The zero-order valence-corrected chi connectivity index (χ0v) is 16.4. The summed E-state index contributed by atoms with van der Waals surface area (Å²) in [5.74, 6) is -0.632. The Balaban J connectivity index is 3.22. The molecule has 0 aromatic heterocycles. The van der Waals surface area contributed by atoms with Gasteiger partial charge in [0.2, 0.25) is 0 Å². The lowest BCUT2D eigenvalue weighted by molar-refractivity contribution is -0.240. The normalized spacial score (nSPS) is 11.7. The van der Waals surface area contributed by atoms with Crippen molar-refractivity contribution in [3.8, 4) is 0 Å². The molecular formula is C20H41NO3. The molecule has 4 heteroatoms. The van der Waals surface area contributed by atoms with Gasteiger partial charge in [-0.1, -0.05) is 90.4 Å². The number of carbonyl (C=O) groups excluding carboxylic acids is 1. The number of unbranched alkanes of at least 4 members (excludes halogenated alkanes) is 13. The van der Waals surface area contributed by atoms with Gasteiger partial charge in [-0.05, 0) is 26.8 Å². The van der Waals surface area contributed by atoms with E-state index in [0.29, 0.717) is 0 Å². The number of nitrogens with one attached hydrogen (secondary N) is 1. The second-order valence-corrected chi connectivity index (χ2v) is 7.53. The first kappa shape index (κ1) is 23.4. The number of hydrogen-bond donors (Lipinski definition) is 2. The van der Waals surface area contributed by atoms with Crippen LogP contribution >= 0.6 is 0 Å². The molecule has 0 unspecified atom stereocenters. The van der Waals surface area contributed by atoms with Gasteiger partial charge >= 0.3 is 5.97 Å². The summed E-state index contributed by atoms with van der Waals surface area (Å²) in [6, 6.07) is 0. The first-order valence-electron chi connectivity index (χ1n) is 10.2. The zero-order valence-electron chi connectivity index (χ0n) is 16.4. The molecule has 0 bridgehead atoms. The van der Waals surface area contributed by atoms with Gasteiger partial charge in [0, 0.05) is 0 Å². The summed E-state index contributed by atoms with van der Waals surface area (Å²) >= 11 is 0. The maximum Gasteiger partial charge on any atom is 0.361 e. The molecule has 0 aromatic rings. The minimum atomic E-state index is -0.814. The first-order chi connectivity index (χ1) is 11.5. The van der Waals surface area contributed by atoms with E-state index >= 15 is 0 Å². The van der Waals surface area contributed by atoms with Crippen molar-refractivity contribution in [1.29, 1.82) is 0 Å². The number of carbonyl (C=O) groups is 1. The van der Waals surface area contributed by atoms with Crippen LogP contribution < -0.4 is 5.32 Å². The van der Waals surface area contributed by atoms with Gasteiger partial charge in [0.25, 0.3) is 0 Å². The summed E-state index contributed by atoms with van der Waals surface area (Å²) in [6.45, 7) is 6.48. The van der Waals surface area contributed by atoms with Crippen LogP contribution in [0.1, 0.15) is 111 Å². The molecular weight excluding hydrogens is 302 g/mol. The van der Waals surface area contributed by atoms with Crippen LogP contribution in [-0.4, -0.2) is 23.3 Å². The van der Waals surface area contributed by atoms with E-state index < -0.39 is 11.5 Å². The van der Waals surface area contributed by atoms with Crippen LogP contribution in [0.5, 0.6) is 0 Å². The van der Waals surface area contributed by atoms with Crippen molar-refractivity contribution < 1.29 is 14.9 Å². The van der Waals surface area contributed by atoms with Gasteiger partial charge in [0.15, 0.2) is 0 Å². The quantitative estimate of drug-likeness (QED) is 0.197. The molecule has 0 aromatic carbocycles. The van der Waals surface area contributed by atoms with Crippen molar-refractivity contribution in [3.05, 3.63) is 0 Å². The summed E-state index contributed by atoms with van der Waals surface area (Å²) in [5.41, 5.74) is -0.814. The molecule has 0 saturated carbocycles. The molecule has 4 nitrogen and oxygen atoms in total. The summed E-state index contributed by atoms with van der Waals surface area (Å²) in [6.07, 6.45) is 18.8. The molecule has 0 radical (unpaired) electrons. The summed E-state index contributed by atoms with van der Waals surface area (Å²) in [5, 5.41) is 11.5. The van der Waals surface area contributed by atoms with Gasteiger partial charge in [-0.15, -0.1) is 0 Å². The Kier molecular flexibility index (Phi) is 15.5. The van der Waals surface area contributed by atoms with E-state index in [2.05, 4.69) is 17.1 Å². The third kappa shape index (κ3) is 13.8. The molecule has 0 aliphatic rings. The predicted molar refractivity (Wildman–Crippen MR) is 101 cm³/mol. The fourth-order valence-electron chi connectivity index (χ4n) is 2.91. The average molecular weight is 344 g/mol. The molecule has 0 fully saturated rings. The molecule has 0 aliphatic carbocycles. The smallest absolute Gasteiger partial charge is 0.302 e. The highest BCUT2D eigenvalue weighted by Gasteiger charge is 2.28. The molecule has 0 rings (SSSR count). The van der Waals surface area contributed by atoms with E-state index in [0.717, 1.165) is 13.0 Å². The summed E-state index contributed by atoms with van der Waals surface area (Å²) in [4.78, 5) is 15.1. The van der Waals surface area contributed by atoms with E-state index in [4.69, 9.17) is 5.26 Å². The largest absolute Gasteiger partial charge is 0.361 e. The minimum Gasteiger partial charge on any atom is -0.302 e. The third-order valence-corrected chi connectivity index (χ3v) is 4.69. The highest BCUT2D eigenvalue weighted by Crippen LogP contribution is 2.13. The van der Waals surface area contributed by atoms with Crippen LogP contribution in [0.25, 0.3) is 0 Å². The Bertz CT molecular complexity index is 293. The van der Waals surface area contributed by atoms with Crippen LogP contribution in [0, 0.1) is 0 Å². The molecule has 2 N–H and O–H groups in total. The molecule has 0 saturated heterocycles. The standard InChI is InChI=1S/C20H41NO3/c1-4-5-6-7-8-9-10-11-12-13-14-15-16-17-18-21-20(2,3)19(22)24-23/h21,23H,4-18H2,1-3H3. The Morgan fingerprint density at radius 1 is 0.792 bits per heavy atom. The van der Waals surface area contributed by atoms with Crippen molar-refractivity contribution in [1.82, 2.24) is 5.32 Å². The van der Waals surface area contributed by atoms with Gasteiger partial charge < -0.3 is 5.32 Å². The Morgan fingerprint density at radius 3 is 1.54 bits per heavy atom. The molecule has 144 valence electrons. The first-order valence-corrected chi connectivity index (χ1v) is 10.2. The van der Waals surface area contributed by atoms with Crippen LogP contribution in [0.4, 0.5) is 0 Å². The highest BCUT2D eigenvalue weighted by atomic mass is 17.1. The molecule has 0 spiro atoms. The Morgan fingerprint density at radius 2 is 1.17 bits per heavy atom. The lowest BCUT2D eigenvalue weighted by atomic mass is 10.0. The van der Waals surface area contributed by atoms with E-state index in [1.807, 2.05) is 0 Å². The maximum absolute atomic E-state index is 11.3. The van der Waals surface area contributed by atoms with Crippen LogP contribution in [-0.2, 0) is 9.68 Å². The summed E-state index contributed by atoms with van der Waals surface area (Å²) in [7, 11) is 0. The highest BCUT2D eigenvalue weighted by molar-refractivity contribution is 5.79. The lowest BCUT2D eigenvalue weighted by Gasteiger charge is -2.21. The Labute approximate surface area is 149 Å². The van der Waals surface area contributed by atoms with Crippen molar-refractivity contribution in [2.24, 2.45) is 0 Å². The maximum atomic E-state index is 11.3. The molecule has 0 atom stereocenters. The van der Waals surface area contributed by atoms with Gasteiger partial charge in [-0.3, -0.25) is 4.89 Å². The van der Waals surface area contributed by atoms with Crippen LogP contribution in [0.15, 0.2) is 0 Å². The van der Waals surface area contributed by atoms with Gasteiger partial charge in [-0.2, -0.15) is 5.26 Å². The zero-order chi connectivity index (χ0) is 18.1. The van der Waals surface area contributed by atoms with Gasteiger partial charge in [-0.25, -0.2) is 4.79 Å². The third-order valence-electron chi connectivity index (χ3n) is 4.69. The number of rotatable bonds is 17. The van der Waals surface area contributed by atoms with Gasteiger partial charge in [0.05, 0.1) is 0 Å². The van der Waals surface area contributed by atoms with Crippen LogP contribution in [0.2, 0.25) is 0 Å². The second kappa shape index (κ2) is 15.9. The molecule has 24 heavy (non-hydrogen) atoms. The average Bonchev–Trinajstić information content (AvgIpc) is 2.57. The topological polar surface area (TPSA) is 58.6 Å². The SMILES string of the molecule is CCCCCCCCCCCCCCCCNC(C)(C)C(=O)OO. The predicted octanol–water partition coefficient (Wildman–Crippen LogP) is 5.85. The van der Waals surface area contributed by atoms with Gasteiger partial charge in [0.1, 0.15) is 5.54 Å². The van der Waals surface area contributed by atoms with E-state index in [-0.39, 0.29) is 0 Å². The molecule has 0 amide bonds. The summed E-state index contributed by atoms with van der Waals surface area (Å²) < 4.78 is 0. The van der Waals surface area contributed by atoms with E-state index in [9.17, 15) is 4.79 Å².